The third kappa shape index (κ3) is 5.62. The number of nitrogens with one attached hydrogen (secondary N) is 2. The quantitative estimate of drug-likeness (QED) is 0.640. The Labute approximate surface area is 151 Å². The summed E-state index contributed by atoms with van der Waals surface area (Å²) in [6.07, 6.45) is 1.80. The number of aromatic nitrogens is 1. The first kappa shape index (κ1) is 19.0. The molecule has 0 aliphatic rings. The summed E-state index contributed by atoms with van der Waals surface area (Å²) in [6.45, 7) is 14.6. The van der Waals surface area contributed by atoms with Crippen LogP contribution in [0.15, 0.2) is 33.8 Å². The predicted octanol–water partition coefficient (Wildman–Crippen LogP) is 3.84. The third-order valence-electron chi connectivity index (χ3n) is 3.95. The average molecular weight is 342 g/mol. The van der Waals surface area contributed by atoms with Gasteiger partial charge >= 0.3 is 0 Å². The minimum Gasteiger partial charge on any atom is -0.443 e. The van der Waals surface area contributed by atoms with E-state index < -0.39 is 0 Å². The maximum absolute atomic E-state index is 5.82. The fourth-order valence-corrected chi connectivity index (χ4v) is 2.43. The van der Waals surface area contributed by atoms with Gasteiger partial charge in [-0.3, -0.25) is 0 Å². The molecule has 0 aliphatic heterocycles. The summed E-state index contributed by atoms with van der Waals surface area (Å²) in [7, 11) is 0. The van der Waals surface area contributed by atoms with E-state index in [0.717, 1.165) is 18.3 Å². The second-order valence-corrected chi connectivity index (χ2v) is 7.35. The van der Waals surface area contributed by atoms with Crippen LogP contribution in [0.2, 0.25) is 0 Å². The molecule has 5 nitrogen and oxygen atoms in total. The molecule has 0 spiro atoms. The maximum Gasteiger partial charge on any atom is 0.213 e. The molecule has 5 heteroatoms. The van der Waals surface area contributed by atoms with E-state index in [1.54, 1.807) is 6.20 Å². The van der Waals surface area contributed by atoms with Gasteiger partial charge in [-0.1, -0.05) is 44.5 Å². The molecule has 0 amide bonds. The highest BCUT2D eigenvalue weighted by Crippen LogP contribution is 2.22. The van der Waals surface area contributed by atoms with E-state index in [1.165, 1.54) is 16.7 Å². The first-order chi connectivity index (χ1) is 11.8. The predicted molar refractivity (Wildman–Crippen MR) is 103 cm³/mol. The minimum absolute atomic E-state index is 0.0349. The minimum atomic E-state index is -0.0349. The number of aliphatic imine (C=N–C) groups is 1. The van der Waals surface area contributed by atoms with Crippen LogP contribution in [0.1, 0.15) is 56.0 Å². The number of aryl methyl sites for hydroxylation is 2. The van der Waals surface area contributed by atoms with Gasteiger partial charge in [-0.15, -0.1) is 0 Å². The molecule has 0 unspecified atom stereocenters. The van der Waals surface area contributed by atoms with Crippen molar-refractivity contribution in [1.82, 2.24) is 15.6 Å². The Hall–Kier alpha value is -2.30. The van der Waals surface area contributed by atoms with E-state index in [-0.39, 0.29) is 5.41 Å². The first-order valence-corrected chi connectivity index (χ1v) is 8.83. The molecular weight excluding hydrogens is 312 g/mol. The van der Waals surface area contributed by atoms with Crippen LogP contribution in [0.5, 0.6) is 0 Å². The van der Waals surface area contributed by atoms with Crippen molar-refractivity contribution < 1.29 is 4.42 Å². The Bertz CT molecular complexity index is 726. The average Bonchev–Trinajstić information content (AvgIpc) is 3.00. The molecule has 1 aromatic carbocycles. The van der Waals surface area contributed by atoms with Crippen LogP contribution in [0.3, 0.4) is 0 Å². The molecule has 136 valence electrons. The van der Waals surface area contributed by atoms with E-state index in [9.17, 15) is 0 Å². The summed E-state index contributed by atoms with van der Waals surface area (Å²) in [5.41, 5.74) is 3.73. The first-order valence-electron chi connectivity index (χ1n) is 8.83. The van der Waals surface area contributed by atoms with E-state index in [4.69, 9.17) is 4.42 Å². The molecule has 0 aliphatic carbocycles. The number of rotatable bonds is 5. The van der Waals surface area contributed by atoms with Crippen LogP contribution in [0.4, 0.5) is 0 Å². The van der Waals surface area contributed by atoms with E-state index in [1.807, 2.05) is 0 Å². The zero-order valence-electron chi connectivity index (χ0n) is 16.2. The Balaban J connectivity index is 2.01. The van der Waals surface area contributed by atoms with Crippen molar-refractivity contribution in [2.45, 2.75) is 60.0 Å². The van der Waals surface area contributed by atoms with Crippen molar-refractivity contribution in [2.75, 3.05) is 6.54 Å². The van der Waals surface area contributed by atoms with Gasteiger partial charge in [0.1, 0.15) is 5.76 Å². The molecule has 1 aromatic heterocycles. The van der Waals surface area contributed by atoms with Gasteiger partial charge in [0.15, 0.2) is 5.96 Å². The number of nitrogens with zero attached hydrogens (tertiary/aromatic N) is 2. The van der Waals surface area contributed by atoms with Crippen molar-refractivity contribution in [2.24, 2.45) is 4.99 Å². The summed E-state index contributed by atoms with van der Waals surface area (Å²) >= 11 is 0. The van der Waals surface area contributed by atoms with Crippen LogP contribution in [-0.4, -0.2) is 17.5 Å². The molecule has 0 atom stereocenters. The number of hydrogen-bond donors (Lipinski definition) is 2. The van der Waals surface area contributed by atoms with E-state index in [0.29, 0.717) is 19.0 Å². The normalized spacial score (nSPS) is 12.3. The molecule has 0 fully saturated rings. The van der Waals surface area contributed by atoms with Crippen LogP contribution in [0.25, 0.3) is 0 Å². The van der Waals surface area contributed by atoms with Gasteiger partial charge in [-0.2, -0.15) is 0 Å². The smallest absolute Gasteiger partial charge is 0.213 e. The summed E-state index contributed by atoms with van der Waals surface area (Å²) < 4.78 is 5.82. The summed E-state index contributed by atoms with van der Waals surface area (Å²) in [5.74, 6) is 2.32. The van der Waals surface area contributed by atoms with Crippen molar-refractivity contribution in [3.63, 3.8) is 0 Å². The highest BCUT2D eigenvalue weighted by molar-refractivity contribution is 5.79. The fraction of sp³-hybridized carbons (Fsp3) is 0.500. The van der Waals surface area contributed by atoms with Crippen molar-refractivity contribution in [3.8, 4) is 0 Å². The zero-order valence-corrected chi connectivity index (χ0v) is 16.2. The van der Waals surface area contributed by atoms with Gasteiger partial charge in [0.25, 0.3) is 0 Å². The van der Waals surface area contributed by atoms with Gasteiger partial charge < -0.3 is 15.1 Å². The van der Waals surface area contributed by atoms with Crippen molar-refractivity contribution >= 4 is 5.96 Å². The molecule has 2 N–H and O–H groups in total. The van der Waals surface area contributed by atoms with Gasteiger partial charge in [0, 0.05) is 12.0 Å². The monoisotopic (exact) mass is 342 g/mol. The molecule has 25 heavy (non-hydrogen) atoms. The molecule has 0 radical (unpaired) electrons. The number of hydrogen-bond acceptors (Lipinski definition) is 3. The van der Waals surface area contributed by atoms with Crippen LogP contribution < -0.4 is 10.6 Å². The molecule has 1 heterocycles. The van der Waals surface area contributed by atoms with Crippen molar-refractivity contribution in [3.05, 3.63) is 52.7 Å². The molecule has 2 rings (SSSR count). The van der Waals surface area contributed by atoms with Gasteiger partial charge in [0.2, 0.25) is 5.89 Å². The van der Waals surface area contributed by atoms with E-state index in [2.05, 4.69) is 80.4 Å². The molecule has 0 saturated carbocycles. The lowest BCUT2D eigenvalue weighted by Gasteiger charge is -2.13. The fourth-order valence-electron chi connectivity index (χ4n) is 2.43. The Morgan fingerprint density at radius 1 is 1.20 bits per heavy atom. The Kier molecular flexibility index (Phi) is 6.23. The molecule has 0 saturated heterocycles. The van der Waals surface area contributed by atoms with Crippen LogP contribution in [0, 0.1) is 13.8 Å². The largest absolute Gasteiger partial charge is 0.443 e. The Morgan fingerprint density at radius 2 is 1.96 bits per heavy atom. The SMILES string of the molecule is CCNC(=NCc1ccc(C)cc1C)NCc1ncc(C(C)(C)C)o1. The highest BCUT2D eigenvalue weighted by Gasteiger charge is 2.19. The molecule has 0 bridgehead atoms. The summed E-state index contributed by atoms with van der Waals surface area (Å²) in [5, 5.41) is 6.55. The topological polar surface area (TPSA) is 62.5 Å². The Morgan fingerprint density at radius 3 is 2.56 bits per heavy atom. The number of benzene rings is 1. The summed E-state index contributed by atoms with van der Waals surface area (Å²) in [4.78, 5) is 9.01. The number of oxazole rings is 1. The standard InChI is InChI=1S/C20H30N4O/c1-7-21-19(23-11-16-9-8-14(2)10-15(16)3)24-13-18-22-12-17(25-18)20(4,5)6/h8-10,12H,7,11,13H2,1-6H3,(H2,21,23,24). The number of guanidine groups is 1. The second kappa shape index (κ2) is 8.19. The lowest BCUT2D eigenvalue weighted by molar-refractivity contribution is 0.379. The lowest BCUT2D eigenvalue weighted by atomic mass is 9.94. The lowest BCUT2D eigenvalue weighted by Crippen LogP contribution is -2.36. The molecule has 2 aromatic rings. The summed E-state index contributed by atoms with van der Waals surface area (Å²) in [6, 6.07) is 6.45. The van der Waals surface area contributed by atoms with Gasteiger partial charge in [-0.05, 0) is 31.9 Å². The van der Waals surface area contributed by atoms with Crippen LogP contribution in [-0.2, 0) is 18.5 Å². The second-order valence-electron chi connectivity index (χ2n) is 7.35. The van der Waals surface area contributed by atoms with Gasteiger partial charge in [0.05, 0.1) is 19.3 Å². The van der Waals surface area contributed by atoms with Crippen LogP contribution >= 0.6 is 0 Å². The van der Waals surface area contributed by atoms with Crippen molar-refractivity contribution in [1.29, 1.82) is 0 Å². The molecular formula is C20H30N4O. The third-order valence-corrected chi connectivity index (χ3v) is 3.95. The zero-order chi connectivity index (χ0) is 18.4. The van der Waals surface area contributed by atoms with E-state index >= 15 is 0 Å². The maximum atomic E-state index is 5.82. The van der Waals surface area contributed by atoms with Gasteiger partial charge in [-0.25, -0.2) is 9.98 Å². The highest BCUT2D eigenvalue weighted by atomic mass is 16.4.